The van der Waals surface area contributed by atoms with Crippen LogP contribution in [0.1, 0.15) is 50.7 Å². The first-order chi connectivity index (χ1) is 8.08. The SMILES string of the molecule is Cc1ccc(C2OCC3=C2CCCC3(C)C)o1. The molecule has 3 rings (SSSR count). The van der Waals surface area contributed by atoms with Gasteiger partial charge in [-0.25, -0.2) is 0 Å². The second-order valence-corrected chi connectivity index (χ2v) is 5.88. The Balaban J connectivity index is 1.98. The number of hydrogen-bond acceptors (Lipinski definition) is 2. The molecule has 2 aliphatic rings. The lowest BCUT2D eigenvalue weighted by Crippen LogP contribution is -2.20. The zero-order valence-corrected chi connectivity index (χ0v) is 10.9. The van der Waals surface area contributed by atoms with Gasteiger partial charge < -0.3 is 9.15 Å². The summed E-state index contributed by atoms with van der Waals surface area (Å²) in [6.07, 6.45) is 3.80. The fourth-order valence-electron chi connectivity index (χ4n) is 3.15. The smallest absolute Gasteiger partial charge is 0.137 e. The van der Waals surface area contributed by atoms with Crippen LogP contribution < -0.4 is 0 Å². The maximum atomic E-state index is 5.97. The Labute approximate surface area is 103 Å². The summed E-state index contributed by atoms with van der Waals surface area (Å²) in [6.45, 7) is 7.44. The van der Waals surface area contributed by atoms with Crippen molar-refractivity contribution in [3.63, 3.8) is 0 Å². The summed E-state index contributed by atoms with van der Waals surface area (Å²) >= 11 is 0. The van der Waals surface area contributed by atoms with Gasteiger partial charge in [-0.1, -0.05) is 13.8 Å². The third kappa shape index (κ3) is 1.75. The molecule has 0 aromatic carbocycles. The second kappa shape index (κ2) is 3.74. The molecule has 2 nitrogen and oxygen atoms in total. The molecule has 1 aliphatic heterocycles. The van der Waals surface area contributed by atoms with Crippen molar-refractivity contribution in [3.05, 3.63) is 34.8 Å². The van der Waals surface area contributed by atoms with Crippen LogP contribution in [0.3, 0.4) is 0 Å². The minimum absolute atomic E-state index is 0.0817. The van der Waals surface area contributed by atoms with Gasteiger partial charge in [-0.15, -0.1) is 0 Å². The Kier molecular flexibility index (Phi) is 2.44. The molecule has 0 saturated carbocycles. The predicted octanol–water partition coefficient (Wildman–Crippen LogP) is 4.17. The number of rotatable bonds is 1. The van der Waals surface area contributed by atoms with E-state index in [1.807, 2.05) is 13.0 Å². The zero-order valence-electron chi connectivity index (χ0n) is 10.9. The molecule has 0 spiro atoms. The normalized spacial score (nSPS) is 27.4. The van der Waals surface area contributed by atoms with Crippen LogP contribution in [-0.4, -0.2) is 6.61 Å². The third-order valence-electron chi connectivity index (χ3n) is 4.18. The minimum atomic E-state index is 0.0817. The van der Waals surface area contributed by atoms with Crippen molar-refractivity contribution in [2.75, 3.05) is 6.61 Å². The van der Waals surface area contributed by atoms with Gasteiger partial charge in [-0.3, -0.25) is 0 Å². The van der Waals surface area contributed by atoms with Gasteiger partial charge in [0.15, 0.2) is 0 Å². The lowest BCUT2D eigenvalue weighted by Gasteiger charge is -2.31. The summed E-state index contributed by atoms with van der Waals surface area (Å²) in [5, 5.41) is 0. The molecule has 2 heterocycles. The highest BCUT2D eigenvalue weighted by molar-refractivity contribution is 5.34. The van der Waals surface area contributed by atoms with E-state index in [9.17, 15) is 0 Å². The van der Waals surface area contributed by atoms with Gasteiger partial charge in [0.05, 0.1) is 6.61 Å². The first kappa shape index (κ1) is 11.1. The highest BCUT2D eigenvalue weighted by Crippen LogP contribution is 2.49. The predicted molar refractivity (Wildman–Crippen MR) is 66.8 cm³/mol. The van der Waals surface area contributed by atoms with E-state index in [1.54, 1.807) is 0 Å². The molecular formula is C15H20O2. The van der Waals surface area contributed by atoms with Crippen molar-refractivity contribution >= 4 is 0 Å². The van der Waals surface area contributed by atoms with E-state index in [-0.39, 0.29) is 6.10 Å². The molecule has 1 unspecified atom stereocenters. The van der Waals surface area contributed by atoms with Crippen LogP contribution >= 0.6 is 0 Å². The number of aryl methyl sites for hydroxylation is 1. The van der Waals surface area contributed by atoms with E-state index in [4.69, 9.17) is 9.15 Å². The summed E-state index contributed by atoms with van der Waals surface area (Å²) < 4.78 is 11.7. The van der Waals surface area contributed by atoms with Gasteiger partial charge in [-0.05, 0) is 54.9 Å². The molecule has 0 amide bonds. The van der Waals surface area contributed by atoms with Crippen LogP contribution in [-0.2, 0) is 4.74 Å². The van der Waals surface area contributed by atoms with Crippen molar-refractivity contribution in [2.24, 2.45) is 5.41 Å². The average molecular weight is 232 g/mol. The molecule has 0 radical (unpaired) electrons. The van der Waals surface area contributed by atoms with Crippen LogP contribution in [0.25, 0.3) is 0 Å². The van der Waals surface area contributed by atoms with Crippen molar-refractivity contribution in [1.29, 1.82) is 0 Å². The van der Waals surface area contributed by atoms with E-state index in [0.29, 0.717) is 5.41 Å². The summed E-state index contributed by atoms with van der Waals surface area (Å²) in [7, 11) is 0. The summed E-state index contributed by atoms with van der Waals surface area (Å²) in [5.74, 6) is 1.94. The molecule has 1 aromatic heterocycles. The van der Waals surface area contributed by atoms with E-state index in [0.717, 1.165) is 18.1 Å². The highest BCUT2D eigenvalue weighted by atomic mass is 16.5. The van der Waals surface area contributed by atoms with E-state index in [1.165, 1.54) is 30.4 Å². The van der Waals surface area contributed by atoms with Crippen molar-refractivity contribution in [3.8, 4) is 0 Å². The maximum absolute atomic E-state index is 5.97. The minimum Gasteiger partial charge on any atom is -0.463 e. The molecule has 92 valence electrons. The number of furan rings is 1. The Morgan fingerprint density at radius 2 is 2.12 bits per heavy atom. The van der Waals surface area contributed by atoms with Crippen LogP contribution in [0.5, 0.6) is 0 Å². The Morgan fingerprint density at radius 3 is 2.82 bits per heavy atom. The molecule has 0 saturated heterocycles. The second-order valence-electron chi connectivity index (χ2n) is 5.88. The Hall–Kier alpha value is -1.02. The molecule has 1 aliphatic carbocycles. The number of hydrogen-bond donors (Lipinski definition) is 0. The fraction of sp³-hybridized carbons (Fsp3) is 0.600. The molecule has 17 heavy (non-hydrogen) atoms. The molecule has 0 N–H and O–H groups in total. The molecule has 1 aromatic rings. The van der Waals surface area contributed by atoms with Crippen LogP contribution in [0, 0.1) is 12.3 Å². The molecule has 0 fully saturated rings. The molecule has 1 atom stereocenters. The van der Waals surface area contributed by atoms with Gasteiger partial charge in [0.2, 0.25) is 0 Å². The summed E-state index contributed by atoms with van der Waals surface area (Å²) in [4.78, 5) is 0. The van der Waals surface area contributed by atoms with Gasteiger partial charge in [0, 0.05) is 0 Å². The quantitative estimate of drug-likeness (QED) is 0.678. The fourth-order valence-corrected chi connectivity index (χ4v) is 3.15. The van der Waals surface area contributed by atoms with Crippen molar-refractivity contribution in [2.45, 2.75) is 46.1 Å². The Bertz CT molecular complexity index is 465. The third-order valence-corrected chi connectivity index (χ3v) is 4.18. The van der Waals surface area contributed by atoms with Crippen LogP contribution in [0.2, 0.25) is 0 Å². The van der Waals surface area contributed by atoms with Gasteiger partial charge in [0.25, 0.3) is 0 Å². The van der Waals surface area contributed by atoms with Gasteiger partial charge in [-0.2, -0.15) is 0 Å². The maximum Gasteiger partial charge on any atom is 0.137 e. The first-order valence-corrected chi connectivity index (χ1v) is 6.48. The molecular weight excluding hydrogens is 212 g/mol. The van der Waals surface area contributed by atoms with Crippen molar-refractivity contribution < 1.29 is 9.15 Å². The van der Waals surface area contributed by atoms with Gasteiger partial charge in [0.1, 0.15) is 17.6 Å². The lowest BCUT2D eigenvalue weighted by molar-refractivity contribution is 0.0981. The number of ether oxygens (including phenoxy) is 1. The average Bonchev–Trinajstić information content (AvgIpc) is 2.84. The van der Waals surface area contributed by atoms with Crippen LogP contribution in [0.4, 0.5) is 0 Å². The molecule has 0 bridgehead atoms. The molecule has 2 heteroatoms. The standard InChI is InChI=1S/C15H20O2/c1-10-6-7-13(17-10)14-11-5-4-8-15(2,3)12(11)9-16-14/h6-7,14H,4-5,8-9H2,1-3H3. The largest absolute Gasteiger partial charge is 0.463 e. The van der Waals surface area contributed by atoms with E-state index >= 15 is 0 Å². The van der Waals surface area contributed by atoms with E-state index < -0.39 is 0 Å². The van der Waals surface area contributed by atoms with Crippen LogP contribution in [0.15, 0.2) is 27.7 Å². The lowest BCUT2D eigenvalue weighted by atomic mass is 9.72. The van der Waals surface area contributed by atoms with Crippen molar-refractivity contribution in [1.82, 2.24) is 0 Å². The Morgan fingerprint density at radius 1 is 1.29 bits per heavy atom. The summed E-state index contributed by atoms with van der Waals surface area (Å²) in [6, 6.07) is 4.07. The van der Waals surface area contributed by atoms with Gasteiger partial charge >= 0.3 is 0 Å². The monoisotopic (exact) mass is 232 g/mol. The van der Waals surface area contributed by atoms with E-state index in [2.05, 4.69) is 19.9 Å². The topological polar surface area (TPSA) is 22.4 Å². The highest BCUT2D eigenvalue weighted by Gasteiger charge is 2.39. The first-order valence-electron chi connectivity index (χ1n) is 6.48. The zero-order chi connectivity index (χ0) is 12.0. The summed E-state index contributed by atoms with van der Waals surface area (Å²) in [5.41, 5.74) is 3.31.